The summed E-state index contributed by atoms with van der Waals surface area (Å²) in [5.74, 6) is -0.0165. The summed E-state index contributed by atoms with van der Waals surface area (Å²) >= 11 is 1.38. The zero-order valence-electron chi connectivity index (χ0n) is 20.0. The Morgan fingerprint density at radius 2 is 1.83 bits per heavy atom. The number of aliphatic imine (C=N–C) groups is 1. The number of rotatable bonds is 7. The standard InChI is InChI=1S/C26H30N4O4S/c1-17(20-8-4-5-9-21(20)34-2)27-24(32)18-10-12-19(13-11-18)28-23(31)16-22-25(33)29-26(35-22)30-14-6-3-7-15-30/h4-5,8-13,17,22H,3,6-7,14-16H2,1-2H3,(H,27,32)(H,28,31)/t17-,22-/m1/s1. The van der Waals surface area contributed by atoms with Gasteiger partial charge in [-0.1, -0.05) is 30.0 Å². The van der Waals surface area contributed by atoms with E-state index < -0.39 is 5.25 Å². The third-order valence-corrected chi connectivity index (χ3v) is 7.32. The molecule has 0 saturated carbocycles. The van der Waals surface area contributed by atoms with Gasteiger partial charge in [-0.05, 0) is 56.5 Å². The van der Waals surface area contributed by atoms with Crippen LogP contribution in [0.25, 0.3) is 0 Å². The van der Waals surface area contributed by atoms with Crippen molar-refractivity contribution in [2.75, 3.05) is 25.5 Å². The molecule has 0 unspecified atom stereocenters. The number of nitrogens with one attached hydrogen (secondary N) is 2. The van der Waals surface area contributed by atoms with E-state index in [9.17, 15) is 14.4 Å². The fourth-order valence-corrected chi connectivity index (χ4v) is 5.31. The monoisotopic (exact) mass is 494 g/mol. The maximum atomic E-state index is 12.7. The zero-order chi connectivity index (χ0) is 24.8. The highest BCUT2D eigenvalue weighted by Gasteiger charge is 2.33. The minimum Gasteiger partial charge on any atom is -0.496 e. The van der Waals surface area contributed by atoms with E-state index in [1.165, 1.54) is 18.2 Å². The Balaban J connectivity index is 1.28. The van der Waals surface area contributed by atoms with Crippen molar-refractivity contribution in [3.63, 3.8) is 0 Å². The average molecular weight is 495 g/mol. The molecule has 2 aliphatic rings. The van der Waals surface area contributed by atoms with Gasteiger partial charge in [-0.2, -0.15) is 4.99 Å². The number of nitrogens with zero attached hydrogens (tertiary/aromatic N) is 2. The molecule has 0 radical (unpaired) electrons. The molecule has 8 nitrogen and oxygen atoms in total. The second-order valence-corrected chi connectivity index (χ2v) is 9.82. The van der Waals surface area contributed by atoms with Gasteiger partial charge in [0.1, 0.15) is 11.0 Å². The van der Waals surface area contributed by atoms with Gasteiger partial charge < -0.3 is 20.3 Å². The fourth-order valence-electron chi connectivity index (χ4n) is 4.20. The second kappa shape index (κ2) is 11.4. The number of methoxy groups -OCH3 is 1. The van der Waals surface area contributed by atoms with E-state index in [1.54, 1.807) is 31.4 Å². The lowest BCUT2D eigenvalue weighted by Crippen LogP contribution is -2.33. The number of para-hydroxylation sites is 1. The summed E-state index contributed by atoms with van der Waals surface area (Å²) in [6.45, 7) is 3.72. The first-order chi connectivity index (χ1) is 16.9. The zero-order valence-corrected chi connectivity index (χ0v) is 20.8. The average Bonchev–Trinajstić information content (AvgIpc) is 3.24. The van der Waals surface area contributed by atoms with Crippen molar-refractivity contribution in [2.24, 2.45) is 4.99 Å². The molecular weight excluding hydrogens is 464 g/mol. The Bertz CT molecular complexity index is 1110. The first kappa shape index (κ1) is 24.8. The maximum Gasteiger partial charge on any atom is 0.262 e. The molecular formula is C26H30N4O4S. The van der Waals surface area contributed by atoms with Crippen molar-refractivity contribution in [3.8, 4) is 5.75 Å². The third-order valence-electron chi connectivity index (χ3n) is 6.11. The van der Waals surface area contributed by atoms with Crippen molar-refractivity contribution < 1.29 is 19.1 Å². The lowest BCUT2D eigenvalue weighted by atomic mass is 10.1. The Morgan fingerprint density at radius 1 is 1.11 bits per heavy atom. The number of carbonyl (C=O) groups is 3. The highest BCUT2D eigenvalue weighted by atomic mass is 32.2. The molecule has 3 amide bonds. The van der Waals surface area contributed by atoms with Gasteiger partial charge in [0.2, 0.25) is 5.91 Å². The van der Waals surface area contributed by atoms with Gasteiger partial charge in [0.25, 0.3) is 11.8 Å². The van der Waals surface area contributed by atoms with Crippen LogP contribution in [0.1, 0.15) is 54.6 Å². The fraction of sp³-hybridized carbons (Fsp3) is 0.385. The van der Waals surface area contributed by atoms with Crippen molar-refractivity contribution in [2.45, 2.75) is 43.9 Å². The Labute approximate surface area is 209 Å². The SMILES string of the molecule is COc1ccccc1[C@@H](C)NC(=O)c1ccc(NC(=O)C[C@H]2SC(N3CCCCC3)=NC2=O)cc1. The predicted molar refractivity (Wildman–Crippen MR) is 138 cm³/mol. The van der Waals surface area contributed by atoms with Crippen LogP contribution in [-0.2, 0) is 9.59 Å². The van der Waals surface area contributed by atoms with Gasteiger partial charge in [-0.25, -0.2) is 0 Å². The molecule has 0 bridgehead atoms. The van der Waals surface area contributed by atoms with Crippen LogP contribution < -0.4 is 15.4 Å². The van der Waals surface area contributed by atoms with E-state index >= 15 is 0 Å². The molecule has 2 aromatic carbocycles. The smallest absolute Gasteiger partial charge is 0.262 e. The summed E-state index contributed by atoms with van der Waals surface area (Å²) in [5, 5.41) is 6.03. The van der Waals surface area contributed by atoms with Crippen LogP contribution in [0.3, 0.4) is 0 Å². The van der Waals surface area contributed by atoms with Gasteiger partial charge >= 0.3 is 0 Å². The number of amides is 3. The van der Waals surface area contributed by atoms with E-state index in [2.05, 4.69) is 20.5 Å². The minimum absolute atomic E-state index is 0.0585. The number of likely N-dealkylation sites (tertiary alicyclic amines) is 1. The van der Waals surface area contributed by atoms with Crippen molar-refractivity contribution in [1.82, 2.24) is 10.2 Å². The molecule has 2 aromatic rings. The molecule has 9 heteroatoms. The Morgan fingerprint density at radius 3 is 2.54 bits per heavy atom. The van der Waals surface area contributed by atoms with Gasteiger partial charge in [-0.15, -0.1) is 0 Å². The number of ether oxygens (including phenoxy) is 1. The lowest BCUT2D eigenvalue weighted by Gasteiger charge is -2.27. The summed E-state index contributed by atoms with van der Waals surface area (Å²) in [6, 6.07) is 14.0. The molecule has 184 valence electrons. The van der Waals surface area contributed by atoms with Crippen LogP contribution in [-0.4, -0.2) is 53.2 Å². The summed E-state index contributed by atoms with van der Waals surface area (Å²) in [7, 11) is 1.60. The minimum atomic E-state index is -0.492. The summed E-state index contributed by atoms with van der Waals surface area (Å²) in [4.78, 5) is 43.9. The second-order valence-electron chi connectivity index (χ2n) is 8.65. The highest BCUT2D eigenvalue weighted by molar-refractivity contribution is 8.15. The molecule has 0 aromatic heterocycles. The van der Waals surface area contributed by atoms with Crippen molar-refractivity contribution in [3.05, 3.63) is 59.7 Å². The number of hydrogen-bond donors (Lipinski definition) is 2. The van der Waals surface area contributed by atoms with Gasteiger partial charge in [0.05, 0.1) is 13.2 Å². The highest BCUT2D eigenvalue weighted by Crippen LogP contribution is 2.29. The number of benzene rings is 2. The number of hydrogen-bond acceptors (Lipinski definition) is 6. The molecule has 35 heavy (non-hydrogen) atoms. The van der Waals surface area contributed by atoms with Gasteiger partial charge in [-0.3, -0.25) is 14.4 Å². The number of piperidine rings is 1. The first-order valence-electron chi connectivity index (χ1n) is 11.8. The lowest BCUT2D eigenvalue weighted by molar-refractivity contribution is -0.121. The molecule has 2 heterocycles. The van der Waals surface area contributed by atoms with E-state index in [-0.39, 0.29) is 30.2 Å². The van der Waals surface area contributed by atoms with Gasteiger partial charge in [0, 0.05) is 36.3 Å². The van der Waals surface area contributed by atoms with Gasteiger partial charge in [0.15, 0.2) is 5.17 Å². The predicted octanol–water partition coefficient (Wildman–Crippen LogP) is 4.00. The number of anilines is 1. The molecule has 2 atom stereocenters. The van der Waals surface area contributed by atoms with Crippen LogP contribution in [0.4, 0.5) is 5.69 Å². The Hall–Kier alpha value is -3.33. The topological polar surface area (TPSA) is 100 Å². The summed E-state index contributed by atoms with van der Waals surface area (Å²) in [6.07, 6.45) is 3.47. The number of carbonyl (C=O) groups excluding carboxylic acids is 3. The third kappa shape index (κ3) is 6.22. The van der Waals surface area contributed by atoms with E-state index in [0.717, 1.165) is 36.7 Å². The Kier molecular flexibility index (Phi) is 8.07. The number of amidine groups is 1. The van der Waals surface area contributed by atoms with Crippen molar-refractivity contribution in [1.29, 1.82) is 0 Å². The maximum absolute atomic E-state index is 12.7. The quantitative estimate of drug-likeness (QED) is 0.604. The molecule has 2 N–H and O–H groups in total. The molecule has 0 spiro atoms. The number of thioether (sulfide) groups is 1. The van der Waals surface area contributed by atoms with Crippen molar-refractivity contribution >= 4 is 40.3 Å². The van der Waals surface area contributed by atoms with E-state index in [4.69, 9.17) is 4.74 Å². The summed E-state index contributed by atoms with van der Waals surface area (Å²) in [5.41, 5.74) is 1.93. The van der Waals surface area contributed by atoms with E-state index in [1.807, 2.05) is 31.2 Å². The summed E-state index contributed by atoms with van der Waals surface area (Å²) < 4.78 is 5.37. The van der Waals surface area contributed by atoms with Crippen LogP contribution >= 0.6 is 11.8 Å². The van der Waals surface area contributed by atoms with E-state index in [0.29, 0.717) is 17.0 Å². The van der Waals surface area contributed by atoms with Crippen LogP contribution in [0.2, 0.25) is 0 Å². The van der Waals surface area contributed by atoms with Crippen LogP contribution in [0.5, 0.6) is 5.75 Å². The molecule has 4 rings (SSSR count). The van der Waals surface area contributed by atoms with Crippen LogP contribution in [0, 0.1) is 0 Å². The molecule has 0 aliphatic carbocycles. The first-order valence-corrected chi connectivity index (χ1v) is 12.7. The van der Waals surface area contributed by atoms with Crippen LogP contribution in [0.15, 0.2) is 53.5 Å². The molecule has 1 fully saturated rings. The largest absolute Gasteiger partial charge is 0.496 e. The normalized spacial score (nSPS) is 18.6. The molecule has 1 saturated heterocycles. The molecule has 2 aliphatic heterocycles.